The van der Waals surface area contributed by atoms with Gasteiger partial charge in [0.25, 0.3) is 0 Å². The fraction of sp³-hybridized carbons (Fsp3) is 0.500. The normalized spacial score (nSPS) is 9.83. The molecule has 0 aromatic carbocycles. The van der Waals surface area contributed by atoms with Crippen LogP contribution in [0.4, 0.5) is 4.79 Å². The van der Waals surface area contributed by atoms with E-state index < -0.39 is 6.03 Å². The third kappa shape index (κ3) is 1.71. The van der Waals surface area contributed by atoms with E-state index in [1.54, 1.807) is 4.57 Å². The van der Waals surface area contributed by atoms with Crippen molar-refractivity contribution in [2.24, 2.45) is 12.8 Å². The average molecular weight is 169 g/mol. The topological polar surface area (TPSA) is 85.8 Å². The SMILES string of the molecule is Cc1nnc(CNC(N)=O)n1C. The van der Waals surface area contributed by atoms with Gasteiger partial charge in [-0.2, -0.15) is 0 Å². The van der Waals surface area contributed by atoms with Gasteiger partial charge in [0.15, 0.2) is 5.82 Å². The van der Waals surface area contributed by atoms with Gasteiger partial charge in [0.1, 0.15) is 5.82 Å². The highest BCUT2D eigenvalue weighted by Gasteiger charge is 2.04. The van der Waals surface area contributed by atoms with Gasteiger partial charge in [-0.15, -0.1) is 10.2 Å². The highest BCUT2D eigenvalue weighted by molar-refractivity contribution is 5.71. The Morgan fingerprint density at radius 3 is 2.75 bits per heavy atom. The van der Waals surface area contributed by atoms with E-state index in [1.807, 2.05) is 14.0 Å². The molecule has 0 radical (unpaired) electrons. The summed E-state index contributed by atoms with van der Waals surface area (Å²) >= 11 is 0. The van der Waals surface area contributed by atoms with Crippen LogP contribution in [0.15, 0.2) is 0 Å². The minimum Gasteiger partial charge on any atom is -0.352 e. The van der Waals surface area contributed by atoms with E-state index in [0.29, 0.717) is 12.4 Å². The number of nitrogens with zero attached hydrogens (tertiary/aromatic N) is 3. The Morgan fingerprint density at radius 2 is 2.33 bits per heavy atom. The van der Waals surface area contributed by atoms with Crippen LogP contribution in [0.25, 0.3) is 0 Å². The summed E-state index contributed by atoms with van der Waals surface area (Å²) in [7, 11) is 1.83. The Morgan fingerprint density at radius 1 is 1.67 bits per heavy atom. The van der Waals surface area contributed by atoms with Crippen LogP contribution in [-0.4, -0.2) is 20.8 Å². The number of rotatable bonds is 2. The third-order valence-corrected chi connectivity index (χ3v) is 1.60. The van der Waals surface area contributed by atoms with Crippen molar-refractivity contribution >= 4 is 6.03 Å². The summed E-state index contributed by atoms with van der Waals surface area (Å²) in [6.45, 7) is 2.15. The monoisotopic (exact) mass is 169 g/mol. The summed E-state index contributed by atoms with van der Waals surface area (Å²) in [6, 6.07) is -0.560. The number of nitrogens with one attached hydrogen (secondary N) is 1. The summed E-state index contributed by atoms with van der Waals surface area (Å²) in [4.78, 5) is 10.3. The molecule has 0 aliphatic carbocycles. The zero-order chi connectivity index (χ0) is 9.14. The number of hydrogen-bond acceptors (Lipinski definition) is 3. The van der Waals surface area contributed by atoms with E-state index in [2.05, 4.69) is 15.5 Å². The Hall–Kier alpha value is -1.59. The number of aromatic nitrogens is 3. The maximum Gasteiger partial charge on any atom is 0.312 e. The molecular weight excluding hydrogens is 158 g/mol. The van der Waals surface area contributed by atoms with Crippen LogP contribution in [0, 0.1) is 6.92 Å². The lowest BCUT2D eigenvalue weighted by Crippen LogP contribution is -2.29. The number of primary amides is 1. The lowest BCUT2D eigenvalue weighted by molar-refractivity contribution is 0.248. The van der Waals surface area contributed by atoms with Gasteiger partial charge >= 0.3 is 6.03 Å². The first kappa shape index (κ1) is 8.51. The minimum atomic E-state index is -0.560. The predicted octanol–water partition coefficient (Wildman–Crippen LogP) is -0.708. The number of aryl methyl sites for hydroxylation is 1. The van der Waals surface area contributed by atoms with Gasteiger partial charge in [-0.1, -0.05) is 0 Å². The molecule has 6 nitrogen and oxygen atoms in total. The molecule has 0 bridgehead atoms. The van der Waals surface area contributed by atoms with Crippen molar-refractivity contribution in [3.63, 3.8) is 0 Å². The van der Waals surface area contributed by atoms with Crippen molar-refractivity contribution in [3.05, 3.63) is 11.6 Å². The van der Waals surface area contributed by atoms with Crippen LogP contribution >= 0.6 is 0 Å². The summed E-state index contributed by atoms with van der Waals surface area (Å²) < 4.78 is 1.79. The Bertz CT molecular complexity index is 292. The second kappa shape index (κ2) is 3.21. The molecule has 0 saturated heterocycles. The van der Waals surface area contributed by atoms with Crippen LogP contribution in [-0.2, 0) is 13.6 Å². The number of amides is 2. The first-order valence-electron chi connectivity index (χ1n) is 3.49. The molecule has 0 saturated carbocycles. The molecule has 1 heterocycles. The van der Waals surface area contributed by atoms with E-state index in [4.69, 9.17) is 5.73 Å². The molecule has 6 heteroatoms. The average Bonchev–Trinajstić information content (AvgIpc) is 2.30. The quantitative estimate of drug-likeness (QED) is 0.613. The van der Waals surface area contributed by atoms with Gasteiger partial charge in [-0.3, -0.25) is 0 Å². The van der Waals surface area contributed by atoms with Crippen LogP contribution < -0.4 is 11.1 Å². The maximum absolute atomic E-state index is 10.3. The second-order valence-corrected chi connectivity index (χ2v) is 2.44. The molecule has 0 atom stereocenters. The van der Waals surface area contributed by atoms with Crippen molar-refractivity contribution in [1.82, 2.24) is 20.1 Å². The van der Waals surface area contributed by atoms with Crippen LogP contribution in [0.2, 0.25) is 0 Å². The largest absolute Gasteiger partial charge is 0.352 e. The number of nitrogens with two attached hydrogens (primary N) is 1. The van der Waals surface area contributed by atoms with Crippen molar-refractivity contribution in [1.29, 1.82) is 0 Å². The third-order valence-electron chi connectivity index (χ3n) is 1.60. The highest BCUT2D eigenvalue weighted by Crippen LogP contribution is 1.95. The first-order valence-corrected chi connectivity index (χ1v) is 3.49. The molecule has 1 aromatic rings. The van der Waals surface area contributed by atoms with Gasteiger partial charge in [0.05, 0.1) is 6.54 Å². The Balaban J connectivity index is 2.63. The first-order chi connectivity index (χ1) is 5.61. The predicted molar refractivity (Wildman–Crippen MR) is 42.2 cm³/mol. The zero-order valence-electron chi connectivity index (χ0n) is 7.03. The number of urea groups is 1. The standard InChI is InChI=1S/C6H11N5O/c1-4-9-10-5(11(4)2)3-8-6(7)12/h3H2,1-2H3,(H3,7,8,12). The fourth-order valence-corrected chi connectivity index (χ4v) is 0.771. The summed E-state index contributed by atoms with van der Waals surface area (Å²) in [5, 5.41) is 10.1. The van der Waals surface area contributed by atoms with Gasteiger partial charge in [0, 0.05) is 7.05 Å². The van der Waals surface area contributed by atoms with E-state index in [1.165, 1.54) is 0 Å². The highest BCUT2D eigenvalue weighted by atomic mass is 16.2. The van der Waals surface area contributed by atoms with E-state index in [-0.39, 0.29) is 0 Å². The van der Waals surface area contributed by atoms with Crippen molar-refractivity contribution in [2.75, 3.05) is 0 Å². The van der Waals surface area contributed by atoms with Crippen LogP contribution in [0.3, 0.4) is 0 Å². The molecule has 0 spiro atoms. The van der Waals surface area contributed by atoms with Gasteiger partial charge in [-0.05, 0) is 6.92 Å². The molecule has 2 amide bonds. The molecule has 0 aliphatic rings. The Labute approximate surface area is 69.8 Å². The van der Waals surface area contributed by atoms with Gasteiger partial charge in [0.2, 0.25) is 0 Å². The molecule has 1 aromatic heterocycles. The van der Waals surface area contributed by atoms with Crippen molar-refractivity contribution in [3.8, 4) is 0 Å². The molecule has 0 aliphatic heterocycles. The molecule has 66 valence electrons. The fourth-order valence-electron chi connectivity index (χ4n) is 0.771. The van der Waals surface area contributed by atoms with E-state index in [0.717, 1.165) is 5.82 Å². The van der Waals surface area contributed by atoms with Gasteiger partial charge in [-0.25, -0.2) is 4.79 Å². The maximum atomic E-state index is 10.3. The lowest BCUT2D eigenvalue weighted by atomic mass is 10.5. The lowest BCUT2D eigenvalue weighted by Gasteiger charge is -2.00. The number of carbonyl (C=O) groups is 1. The van der Waals surface area contributed by atoms with Crippen molar-refractivity contribution < 1.29 is 4.79 Å². The van der Waals surface area contributed by atoms with Gasteiger partial charge < -0.3 is 15.6 Å². The molecule has 3 N–H and O–H groups in total. The zero-order valence-corrected chi connectivity index (χ0v) is 7.03. The van der Waals surface area contributed by atoms with Crippen LogP contribution in [0.1, 0.15) is 11.6 Å². The molecule has 0 unspecified atom stereocenters. The molecule has 1 rings (SSSR count). The number of carbonyl (C=O) groups excluding carboxylic acids is 1. The smallest absolute Gasteiger partial charge is 0.312 e. The summed E-state index contributed by atoms with van der Waals surface area (Å²) in [5.41, 5.74) is 4.89. The van der Waals surface area contributed by atoms with E-state index in [9.17, 15) is 4.79 Å². The Kier molecular flexibility index (Phi) is 2.27. The molecular formula is C6H11N5O. The minimum absolute atomic E-state index is 0.312. The number of hydrogen-bond donors (Lipinski definition) is 2. The summed E-state index contributed by atoms with van der Waals surface area (Å²) in [5.74, 6) is 1.49. The molecule has 12 heavy (non-hydrogen) atoms. The van der Waals surface area contributed by atoms with E-state index >= 15 is 0 Å². The summed E-state index contributed by atoms with van der Waals surface area (Å²) in [6.07, 6.45) is 0. The van der Waals surface area contributed by atoms with Crippen LogP contribution in [0.5, 0.6) is 0 Å². The molecule has 0 fully saturated rings. The second-order valence-electron chi connectivity index (χ2n) is 2.44. The van der Waals surface area contributed by atoms with Crippen molar-refractivity contribution in [2.45, 2.75) is 13.5 Å².